The van der Waals surface area contributed by atoms with Crippen LogP contribution in [0.5, 0.6) is 11.5 Å². The molecule has 2 aromatic rings. The van der Waals surface area contributed by atoms with Crippen LogP contribution in [0.15, 0.2) is 24.3 Å². The number of rotatable bonds is 22. The standard InChI is InChI=1S/C33H52O2S6/c1-33(2,29-21-25(9-3-15-36)31(34-13-7-19-40)26(22-29)10-4-16-37)30-23-27(11-5-17-38)32(35-14-8-20-41)28(24-30)12-6-18-39/h21-24,36-41H,3-20H2,1-2H3. The van der Waals surface area contributed by atoms with Crippen molar-refractivity contribution in [2.24, 2.45) is 0 Å². The highest BCUT2D eigenvalue weighted by molar-refractivity contribution is 7.81. The zero-order valence-corrected chi connectivity index (χ0v) is 30.4. The molecule has 0 N–H and O–H groups in total. The molecule has 0 bridgehead atoms. The normalized spacial score (nSPS) is 11.7. The molecule has 8 heteroatoms. The predicted octanol–water partition coefficient (Wildman–Crippen LogP) is 8.86. The van der Waals surface area contributed by atoms with Crippen LogP contribution in [-0.4, -0.2) is 47.7 Å². The first kappa shape index (κ1) is 37.3. The second-order valence-corrected chi connectivity index (χ2v) is 13.7. The van der Waals surface area contributed by atoms with Crippen molar-refractivity contribution in [2.75, 3.05) is 47.7 Å². The van der Waals surface area contributed by atoms with Crippen molar-refractivity contribution in [3.63, 3.8) is 0 Å². The van der Waals surface area contributed by atoms with Crippen LogP contribution >= 0.6 is 75.8 Å². The largest absolute Gasteiger partial charge is 0.493 e. The molecule has 2 nitrogen and oxygen atoms in total. The lowest BCUT2D eigenvalue weighted by atomic mass is 9.75. The number of benzene rings is 2. The van der Waals surface area contributed by atoms with Gasteiger partial charge < -0.3 is 9.47 Å². The zero-order valence-electron chi connectivity index (χ0n) is 25.0. The van der Waals surface area contributed by atoms with Crippen LogP contribution in [0, 0.1) is 0 Å². The smallest absolute Gasteiger partial charge is 0.125 e. The number of thiol groups is 6. The van der Waals surface area contributed by atoms with Gasteiger partial charge in [0.15, 0.2) is 0 Å². The van der Waals surface area contributed by atoms with Gasteiger partial charge in [0.2, 0.25) is 0 Å². The highest BCUT2D eigenvalue weighted by atomic mass is 32.1. The molecule has 0 saturated heterocycles. The Balaban J connectivity index is 2.69. The van der Waals surface area contributed by atoms with E-state index >= 15 is 0 Å². The molecule has 0 spiro atoms. The molecule has 41 heavy (non-hydrogen) atoms. The molecule has 0 atom stereocenters. The van der Waals surface area contributed by atoms with Crippen LogP contribution in [0.4, 0.5) is 0 Å². The molecule has 0 aliphatic heterocycles. The van der Waals surface area contributed by atoms with E-state index in [1.165, 1.54) is 33.4 Å². The Labute approximate surface area is 283 Å². The van der Waals surface area contributed by atoms with Gasteiger partial charge in [0.25, 0.3) is 0 Å². The first-order chi connectivity index (χ1) is 19.9. The molecular formula is C33H52O2S6. The van der Waals surface area contributed by atoms with Crippen molar-refractivity contribution >= 4 is 75.8 Å². The van der Waals surface area contributed by atoms with Crippen molar-refractivity contribution in [1.29, 1.82) is 0 Å². The minimum absolute atomic E-state index is 0.204. The number of hydrogen-bond acceptors (Lipinski definition) is 8. The van der Waals surface area contributed by atoms with Crippen molar-refractivity contribution in [2.45, 2.75) is 83.5 Å². The van der Waals surface area contributed by atoms with Gasteiger partial charge >= 0.3 is 0 Å². The zero-order chi connectivity index (χ0) is 30.1. The quantitative estimate of drug-likeness (QED) is 0.0555. The summed E-state index contributed by atoms with van der Waals surface area (Å²) in [4.78, 5) is 0. The third-order valence-corrected chi connectivity index (χ3v) is 9.34. The van der Waals surface area contributed by atoms with Gasteiger partial charge in [-0.2, -0.15) is 75.8 Å². The minimum atomic E-state index is -0.204. The molecule has 0 fully saturated rings. The van der Waals surface area contributed by atoms with Crippen molar-refractivity contribution in [3.8, 4) is 11.5 Å². The first-order valence-electron chi connectivity index (χ1n) is 15.1. The molecule has 2 rings (SSSR count). The Hall–Kier alpha value is 0.140. The molecule has 0 heterocycles. The van der Waals surface area contributed by atoms with Crippen LogP contribution in [-0.2, 0) is 31.1 Å². The lowest BCUT2D eigenvalue weighted by Gasteiger charge is -2.31. The van der Waals surface area contributed by atoms with Gasteiger partial charge in [0.1, 0.15) is 11.5 Å². The van der Waals surface area contributed by atoms with E-state index in [0.29, 0.717) is 13.2 Å². The van der Waals surface area contributed by atoms with E-state index in [-0.39, 0.29) is 5.41 Å². The molecule has 0 amide bonds. The monoisotopic (exact) mass is 672 g/mol. The van der Waals surface area contributed by atoms with Gasteiger partial charge in [0.05, 0.1) is 13.2 Å². The Kier molecular flexibility index (Phi) is 19.1. The van der Waals surface area contributed by atoms with Gasteiger partial charge in [-0.25, -0.2) is 0 Å². The third-order valence-electron chi connectivity index (χ3n) is 7.44. The maximum absolute atomic E-state index is 6.43. The fraction of sp³-hybridized carbons (Fsp3) is 0.636. The van der Waals surface area contributed by atoms with Gasteiger partial charge in [-0.15, -0.1) is 0 Å². The number of aryl methyl sites for hydroxylation is 4. The van der Waals surface area contributed by atoms with E-state index in [1.54, 1.807) is 0 Å². The highest BCUT2D eigenvalue weighted by Gasteiger charge is 2.28. The van der Waals surface area contributed by atoms with Gasteiger partial charge in [-0.1, -0.05) is 38.1 Å². The Bertz CT molecular complexity index is 889. The van der Waals surface area contributed by atoms with Crippen LogP contribution < -0.4 is 9.47 Å². The Morgan fingerprint density at radius 3 is 0.976 bits per heavy atom. The summed E-state index contributed by atoms with van der Waals surface area (Å²) in [5, 5.41) is 0. The van der Waals surface area contributed by atoms with Crippen molar-refractivity contribution in [1.82, 2.24) is 0 Å². The van der Waals surface area contributed by atoms with Crippen LogP contribution in [0.1, 0.15) is 85.8 Å². The summed E-state index contributed by atoms with van der Waals surface area (Å²) >= 11 is 26.9. The Morgan fingerprint density at radius 1 is 0.463 bits per heavy atom. The maximum Gasteiger partial charge on any atom is 0.125 e. The predicted molar refractivity (Wildman–Crippen MR) is 202 cm³/mol. The minimum Gasteiger partial charge on any atom is -0.493 e. The lowest BCUT2D eigenvalue weighted by Crippen LogP contribution is -2.21. The third kappa shape index (κ3) is 11.9. The van der Waals surface area contributed by atoms with Gasteiger partial charge in [-0.05, 0) is 132 Å². The van der Waals surface area contributed by atoms with Gasteiger partial charge in [-0.3, -0.25) is 0 Å². The highest BCUT2D eigenvalue weighted by Crippen LogP contribution is 2.40. The number of ether oxygens (including phenoxy) is 2. The molecule has 0 aliphatic carbocycles. The van der Waals surface area contributed by atoms with Gasteiger partial charge in [0, 0.05) is 5.41 Å². The fourth-order valence-corrected chi connectivity index (χ4v) is 5.96. The number of hydrogen-bond donors (Lipinski definition) is 6. The van der Waals surface area contributed by atoms with Crippen molar-refractivity contribution in [3.05, 3.63) is 57.6 Å². The summed E-state index contributed by atoms with van der Waals surface area (Å²) in [7, 11) is 0. The molecule has 0 radical (unpaired) electrons. The molecular weight excluding hydrogens is 621 g/mol. The fourth-order valence-electron chi connectivity index (χ4n) is 5.07. The Morgan fingerprint density at radius 2 is 0.732 bits per heavy atom. The summed E-state index contributed by atoms with van der Waals surface area (Å²) < 4.78 is 12.9. The second kappa shape index (κ2) is 21.0. The molecule has 0 aromatic heterocycles. The van der Waals surface area contributed by atoms with E-state index in [1.807, 2.05) is 0 Å². The maximum atomic E-state index is 6.43. The van der Waals surface area contributed by atoms with Crippen molar-refractivity contribution < 1.29 is 9.47 Å². The lowest BCUT2D eigenvalue weighted by molar-refractivity contribution is 0.311. The average molecular weight is 673 g/mol. The van der Waals surface area contributed by atoms with Crippen LogP contribution in [0.25, 0.3) is 0 Å². The first-order valence-corrected chi connectivity index (χ1v) is 18.9. The summed E-state index contributed by atoms with van der Waals surface area (Å²) in [6.45, 7) is 6.09. The molecule has 232 valence electrons. The van der Waals surface area contributed by atoms with Crippen LogP contribution in [0.2, 0.25) is 0 Å². The topological polar surface area (TPSA) is 18.5 Å². The summed E-state index contributed by atoms with van der Waals surface area (Å²) in [6, 6.07) is 9.56. The van der Waals surface area contributed by atoms with E-state index in [4.69, 9.17) is 9.47 Å². The summed E-state index contributed by atoms with van der Waals surface area (Å²) in [6.07, 6.45) is 9.74. The van der Waals surface area contributed by atoms with E-state index in [0.717, 1.165) is 110 Å². The molecule has 2 aromatic carbocycles. The average Bonchev–Trinajstić information content (AvgIpc) is 2.97. The summed E-state index contributed by atoms with van der Waals surface area (Å²) in [5.41, 5.74) is 7.60. The molecule has 0 saturated carbocycles. The van der Waals surface area contributed by atoms with Crippen LogP contribution in [0.3, 0.4) is 0 Å². The van der Waals surface area contributed by atoms with E-state index < -0.39 is 0 Å². The van der Waals surface area contributed by atoms with E-state index in [9.17, 15) is 0 Å². The second-order valence-electron chi connectivity index (χ2n) is 11.0. The summed E-state index contributed by atoms with van der Waals surface area (Å²) in [5.74, 6) is 7.19. The SMILES string of the molecule is CC(C)(c1cc(CCCS)c(OCCCS)c(CCCS)c1)c1cc(CCCS)c(OCCCS)c(CCCS)c1. The molecule has 0 aliphatic rings. The molecule has 0 unspecified atom stereocenters. The van der Waals surface area contributed by atoms with E-state index in [2.05, 4.69) is 114 Å².